The standard InChI is InChI=1S/C19H19N3O2S/c1-2-11-22-17(20-19(25)21-22)12-13-7-9-14(10-8-13)15-5-3-4-6-16(15)18(23)24/h3-10H,2,11-12H2,1H3,(H,21,25)(H,23,24). The van der Waals surface area contributed by atoms with Gasteiger partial charge in [0.05, 0.1) is 5.56 Å². The number of aryl methyl sites for hydroxylation is 1. The molecule has 1 heterocycles. The number of nitrogens with zero attached hydrogens (tertiary/aromatic N) is 3. The second-order valence-electron chi connectivity index (χ2n) is 5.78. The van der Waals surface area contributed by atoms with E-state index < -0.39 is 5.97 Å². The normalized spacial score (nSPS) is 10.8. The average Bonchev–Trinajstić information content (AvgIpc) is 2.95. The Hall–Kier alpha value is -2.60. The third-order valence-electron chi connectivity index (χ3n) is 3.96. The summed E-state index contributed by atoms with van der Waals surface area (Å²) < 4.78 is 1.88. The van der Waals surface area contributed by atoms with Gasteiger partial charge in [0.1, 0.15) is 5.82 Å². The first-order valence-electron chi connectivity index (χ1n) is 8.12. The smallest absolute Gasteiger partial charge is 0.336 e. The SMILES string of the molecule is CCCn1nc(S)nc1Cc1ccc(-c2ccccc2C(=O)O)cc1. The summed E-state index contributed by atoms with van der Waals surface area (Å²) in [6, 6.07) is 14.9. The number of thiol groups is 1. The quantitative estimate of drug-likeness (QED) is 0.659. The van der Waals surface area contributed by atoms with Crippen LogP contribution in [0.5, 0.6) is 0 Å². The number of carboxylic acids is 1. The third kappa shape index (κ3) is 3.91. The molecule has 0 spiro atoms. The van der Waals surface area contributed by atoms with Crippen molar-refractivity contribution in [1.82, 2.24) is 14.8 Å². The molecule has 0 saturated heterocycles. The molecular weight excluding hydrogens is 334 g/mol. The number of aromatic nitrogens is 3. The highest BCUT2D eigenvalue weighted by Gasteiger charge is 2.12. The topological polar surface area (TPSA) is 68.0 Å². The molecule has 1 aromatic heterocycles. The summed E-state index contributed by atoms with van der Waals surface area (Å²) >= 11 is 4.23. The molecule has 0 atom stereocenters. The van der Waals surface area contributed by atoms with Gasteiger partial charge < -0.3 is 5.11 Å². The summed E-state index contributed by atoms with van der Waals surface area (Å²) in [6.45, 7) is 2.91. The Morgan fingerprint density at radius 1 is 1.16 bits per heavy atom. The van der Waals surface area contributed by atoms with E-state index in [1.54, 1.807) is 12.1 Å². The van der Waals surface area contributed by atoms with Crippen LogP contribution >= 0.6 is 12.6 Å². The molecule has 0 aliphatic carbocycles. The van der Waals surface area contributed by atoms with Crippen LogP contribution in [-0.4, -0.2) is 25.8 Å². The van der Waals surface area contributed by atoms with Crippen LogP contribution in [0.3, 0.4) is 0 Å². The van der Waals surface area contributed by atoms with Crippen molar-refractivity contribution in [3.63, 3.8) is 0 Å². The highest BCUT2D eigenvalue weighted by molar-refractivity contribution is 7.80. The third-order valence-corrected chi connectivity index (χ3v) is 4.15. The predicted octanol–water partition coefficient (Wildman–Crippen LogP) is 3.93. The molecule has 128 valence electrons. The van der Waals surface area contributed by atoms with Crippen LogP contribution in [0.25, 0.3) is 11.1 Å². The van der Waals surface area contributed by atoms with E-state index in [-0.39, 0.29) is 0 Å². The van der Waals surface area contributed by atoms with Crippen LogP contribution < -0.4 is 0 Å². The molecule has 2 aromatic carbocycles. The van der Waals surface area contributed by atoms with Crippen molar-refractivity contribution in [3.8, 4) is 11.1 Å². The molecule has 3 rings (SSSR count). The van der Waals surface area contributed by atoms with E-state index in [9.17, 15) is 9.90 Å². The molecule has 3 aromatic rings. The lowest BCUT2D eigenvalue weighted by Crippen LogP contribution is -2.06. The van der Waals surface area contributed by atoms with Crippen LogP contribution in [0.15, 0.2) is 53.7 Å². The van der Waals surface area contributed by atoms with Crippen LogP contribution in [0.4, 0.5) is 0 Å². The lowest BCUT2D eigenvalue weighted by Gasteiger charge is -2.08. The first kappa shape index (κ1) is 17.2. The minimum absolute atomic E-state index is 0.303. The Labute approximate surface area is 151 Å². The number of aromatic carboxylic acids is 1. The van der Waals surface area contributed by atoms with E-state index >= 15 is 0 Å². The fraction of sp³-hybridized carbons (Fsp3) is 0.211. The van der Waals surface area contributed by atoms with Crippen molar-refractivity contribution in [3.05, 3.63) is 65.5 Å². The highest BCUT2D eigenvalue weighted by atomic mass is 32.1. The van der Waals surface area contributed by atoms with Gasteiger partial charge in [-0.3, -0.25) is 0 Å². The molecule has 0 unspecified atom stereocenters. The van der Waals surface area contributed by atoms with E-state index in [4.69, 9.17) is 0 Å². The fourth-order valence-corrected chi connectivity index (χ4v) is 3.01. The number of carbonyl (C=O) groups is 1. The van der Waals surface area contributed by atoms with Crippen LogP contribution in [-0.2, 0) is 13.0 Å². The Morgan fingerprint density at radius 2 is 1.88 bits per heavy atom. The monoisotopic (exact) mass is 353 g/mol. The van der Waals surface area contributed by atoms with E-state index in [0.29, 0.717) is 22.7 Å². The molecule has 0 amide bonds. The van der Waals surface area contributed by atoms with Gasteiger partial charge in [-0.1, -0.05) is 49.4 Å². The van der Waals surface area contributed by atoms with E-state index in [1.807, 2.05) is 41.1 Å². The minimum Gasteiger partial charge on any atom is -0.478 e. The second kappa shape index (κ2) is 7.53. The van der Waals surface area contributed by atoms with Crippen LogP contribution in [0.2, 0.25) is 0 Å². The molecule has 0 aliphatic heterocycles. The summed E-state index contributed by atoms with van der Waals surface area (Å²) in [6.07, 6.45) is 1.64. The van der Waals surface area contributed by atoms with Crippen molar-refractivity contribution < 1.29 is 9.90 Å². The van der Waals surface area contributed by atoms with Gasteiger partial charge in [-0.2, -0.15) is 0 Å². The molecular formula is C19H19N3O2S. The molecule has 6 heteroatoms. The predicted molar refractivity (Wildman–Crippen MR) is 99.2 cm³/mol. The first-order valence-corrected chi connectivity index (χ1v) is 8.57. The summed E-state index contributed by atoms with van der Waals surface area (Å²) in [5.74, 6) is -0.0424. The number of hydrogen-bond donors (Lipinski definition) is 2. The molecule has 0 fully saturated rings. The zero-order valence-corrected chi connectivity index (χ0v) is 14.8. The number of hydrogen-bond acceptors (Lipinski definition) is 4. The number of rotatable bonds is 6. The van der Waals surface area contributed by atoms with Crippen molar-refractivity contribution >= 4 is 18.6 Å². The summed E-state index contributed by atoms with van der Waals surface area (Å²) in [5.41, 5.74) is 2.99. The molecule has 0 saturated carbocycles. The summed E-state index contributed by atoms with van der Waals surface area (Å²) in [5, 5.41) is 14.1. The molecule has 1 N–H and O–H groups in total. The van der Waals surface area contributed by atoms with Crippen molar-refractivity contribution in [2.45, 2.75) is 31.5 Å². The maximum atomic E-state index is 11.4. The van der Waals surface area contributed by atoms with Crippen molar-refractivity contribution in [2.75, 3.05) is 0 Å². The van der Waals surface area contributed by atoms with Crippen molar-refractivity contribution in [1.29, 1.82) is 0 Å². The zero-order valence-electron chi connectivity index (χ0n) is 13.9. The lowest BCUT2D eigenvalue weighted by molar-refractivity contribution is 0.0697. The minimum atomic E-state index is -0.923. The van der Waals surface area contributed by atoms with E-state index in [0.717, 1.165) is 29.9 Å². The Kier molecular flexibility index (Phi) is 5.19. The summed E-state index contributed by atoms with van der Waals surface area (Å²) in [4.78, 5) is 15.8. The van der Waals surface area contributed by atoms with Gasteiger partial charge in [-0.25, -0.2) is 14.5 Å². The van der Waals surface area contributed by atoms with E-state index in [2.05, 4.69) is 29.6 Å². The largest absolute Gasteiger partial charge is 0.478 e. The fourth-order valence-electron chi connectivity index (χ4n) is 2.79. The average molecular weight is 353 g/mol. The molecule has 0 aliphatic rings. The number of benzene rings is 2. The molecule has 0 radical (unpaired) electrons. The first-order chi connectivity index (χ1) is 12.1. The van der Waals surface area contributed by atoms with Gasteiger partial charge in [0.2, 0.25) is 5.16 Å². The van der Waals surface area contributed by atoms with Crippen LogP contribution in [0, 0.1) is 0 Å². The maximum absolute atomic E-state index is 11.4. The lowest BCUT2D eigenvalue weighted by atomic mass is 9.98. The molecule has 5 nitrogen and oxygen atoms in total. The highest BCUT2D eigenvalue weighted by Crippen LogP contribution is 2.24. The van der Waals surface area contributed by atoms with E-state index in [1.165, 1.54) is 0 Å². The van der Waals surface area contributed by atoms with Crippen LogP contribution in [0.1, 0.15) is 35.1 Å². The van der Waals surface area contributed by atoms with Gasteiger partial charge in [0, 0.05) is 13.0 Å². The number of carboxylic acid groups (broad SMARTS) is 1. The Bertz CT molecular complexity index is 888. The maximum Gasteiger partial charge on any atom is 0.336 e. The van der Waals surface area contributed by atoms with Gasteiger partial charge in [-0.05, 0) is 29.2 Å². The van der Waals surface area contributed by atoms with Gasteiger partial charge in [0.25, 0.3) is 0 Å². The Morgan fingerprint density at radius 3 is 2.56 bits per heavy atom. The second-order valence-corrected chi connectivity index (χ2v) is 6.18. The zero-order chi connectivity index (χ0) is 17.8. The molecule has 25 heavy (non-hydrogen) atoms. The van der Waals surface area contributed by atoms with Crippen molar-refractivity contribution in [2.24, 2.45) is 0 Å². The molecule has 0 bridgehead atoms. The Balaban J connectivity index is 1.85. The van der Waals surface area contributed by atoms with Gasteiger partial charge >= 0.3 is 5.97 Å². The van der Waals surface area contributed by atoms with Gasteiger partial charge in [-0.15, -0.1) is 17.7 Å². The summed E-state index contributed by atoms with van der Waals surface area (Å²) in [7, 11) is 0. The van der Waals surface area contributed by atoms with Gasteiger partial charge in [0.15, 0.2) is 0 Å².